The third-order valence-electron chi connectivity index (χ3n) is 4.41. The topological polar surface area (TPSA) is 90.3 Å². The molecule has 0 fully saturated rings. The van der Waals surface area contributed by atoms with Crippen LogP contribution in [-0.4, -0.2) is 30.5 Å². The van der Waals surface area contributed by atoms with Crippen LogP contribution in [0.5, 0.6) is 0 Å². The molecule has 0 atom stereocenters. The molecule has 0 saturated carbocycles. The van der Waals surface area contributed by atoms with Gasteiger partial charge >= 0.3 is 5.97 Å². The maximum atomic E-state index is 12.4. The summed E-state index contributed by atoms with van der Waals surface area (Å²) < 4.78 is 34.3. The van der Waals surface area contributed by atoms with Gasteiger partial charge in [0.25, 0.3) is 0 Å². The minimum Gasteiger partial charge on any atom is -0.454 e. The van der Waals surface area contributed by atoms with E-state index in [0.717, 1.165) is 5.56 Å². The zero-order valence-corrected chi connectivity index (χ0v) is 17.8. The number of carbonyl (C=O) groups excluding carboxylic acids is 1. The van der Waals surface area contributed by atoms with Crippen LogP contribution in [-0.2, 0) is 27.9 Å². The molecule has 0 amide bonds. The van der Waals surface area contributed by atoms with Gasteiger partial charge in [0.2, 0.25) is 10.0 Å². The SMILES string of the molecule is CC(C)CNS(=O)(=O)c1ccc(C(=O)OCc2nccn2Cc2ccccc2)cc1. The Morgan fingerprint density at radius 2 is 1.80 bits per heavy atom. The molecule has 8 heteroatoms. The second-order valence-electron chi connectivity index (χ2n) is 7.30. The molecule has 3 rings (SSSR count). The van der Waals surface area contributed by atoms with Crippen molar-refractivity contribution in [3.05, 3.63) is 83.9 Å². The number of hydrogen-bond acceptors (Lipinski definition) is 5. The molecule has 1 heterocycles. The summed E-state index contributed by atoms with van der Waals surface area (Å²) in [4.78, 5) is 16.7. The molecule has 2 aromatic carbocycles. The summed E-state index contributed by atoms with van der Waals surface area (Å²) in [5.74, 6) is 0.288. The van der Waals surface area contributed by atoms with Crippen molar-refractivity contribution >= 4 is 16.0 Å². The first-order valence-corrected chi connectivity index (χ1v) is 11.1. The van der Waals surface area contributed by atoms with Crippen LogP contribution in [0.3, 0.4) is 0 Å². The van der Waals surface area contributed by atoms with Crippen molar-refractivity contribution in [3.63, 3.8) is 0 Å². The molecule has 0 spiro atoms. The normalized spacial score (nSPS) is 11.6. The first kappa shape index (κ1) is 21.7. The predicted molar refractivity (Wildman–Crippen MR) is 113 cm³/mol. The van der Waals surface area contributed by atoms with Crippen molar-refractivity contribution < 1.29 is 17.9 Å². The van der Waals surface area contributed by atoms with Gasteiger partial charge in [0.05, 0.1) is 10.5 Å². The Morgan fingerprint density at radius 1 is 1.10 bits per heavy atom. The molecule has 0 aliphatic heterocycles. The number of nitrogens with one attached hydrogen (secondary N) is 1. The predicted octanol–water partition coefficient (Wildman–Crippen LogP) is 3.22. The van der Waals surface area contributed by atoms with E-state index >= 15 is 0 Å². The van der Waals surface area contributed by atoms with Gasteiger partial charge in [-0.15, -0.1) is 0 Å². The van der Waals surface area contributed by atoms with Crippen LogP contribution >= 0.6 is 0 Å². The lowest BCUT2D eigenvalue weighted by atomic mass is 10.2. The number of esters is 1. The van der Waals surface area contributed by atoms with E-state index in [9.17, 15) is 13.2 Å². The Hall–Kier alpha value is -2.97. The first-order valence-electron chi connectivity index (χ1n) is 9.66. The summed E-state index contributed by atoms with van der Waals surface area (Å²) in [5.41, 5.74) is 1.39. The van der Waals surface area contributed by atoms with Crippen LogP contribution in [0, 0.1) is 5.92 Å². The van der Waals surface area contributed by atoms with Crippen molar-refractivity contribution in [1.82, 2.24) is 14.3 Å². The molecule has 1 aromatic heterocycles. The van der Waals surface area contributed by atoms with E-state index in [-0.39, 0.29) is 23.0 Å². The van der Waals surface area contributed by atoms with Crippen LogP contribution in [0.1, 0.15) is 35.6 Å². The fourth-order valence-corrected chi connectivity index (χ4v) is 3.96. The fraction of sp³-hybridized carbons (Fsp3) is 0.273. The molecule has 3 aromatic rings. The molecule has 0 saturated heterocycles. The third-order valence-corrected chi connectivity index (χ3v) is 5.85. The summed E-state index contributed by atoms with van der Waals surface area (Å²) in [6, 6.07) is 15.6. The molecule has 158 valence electrons. The Labute approximate surface area is 176 Å². The van der Waals surface area contributed by atoms with Crippen molar-refractivity contribution in [2.24, 2.45) is 5.92 Å². The van der Waals surface area contributed by atoms with Gasteiger partial charge < -0.3 is 9.30 Å². The molecule has 0 bridgehead atoms. The largest absolute Gasteiger partial charge is 0.454 e. The molecule has 0 radical (unpaired) electrons. The highest BCUT2D eigenvalue weighted by Crippen LogP contribution is 2.13. The zero-order chi connectivity index (χ0) is 21.6. The Morgan fingerprint density at radius 3 is 2.47 bits per heavy atom. The van der Waals surface area contributed by atoms with Gasteiger partial charge in [0.1, 0.15) is 12.4 Å². The maximum Gasteiger partial charge on any atom is 0.338 e. The van der Waals surface area contributed by atoms with Crippen molar-refractivity contribution in [2.45, 2.75) is 31.9 Å². The van der Waals surface area contributed by atoms with Crippen molar-refractivity contribution in [3.8, 4) is 0 Å². The number of sulfonamides is 1. The molecule has 0 unspecified atom stereocenters. The van der Waals surface area contributed by atoms with Crippen LogP contribution in [0.2, 0.25) is 0 Å². The van der Waals surface area contributed by atoms with E-state index in [2.05, 4.69) is 9.71 Å². The fourth-order valence-electron chi connectivity index (χ4n) is 2.75. The number of imidazole rings is 1. The Balaban J connectivity index is 1.60. The first-order chi connectivity index (χ1) is 14.3. The zero-order valence-electron chi connectivity index (χ0n) is 17.0. The summed E-state index contributed by atoms with van der Waals surface area (Å²) in [6.45, 7) is 4.85. The Kier molecular flexibility index (Phi) is 7.02. The van der Waals surface area contributed by atoms with Gasteiger partial charge in [-0.25, -0.2) is 22.9 Å². The molecular formula is C22H25N3O4S. The summed E-state index contributed by atoms with van der Waals surface area (Å²) in [6.07, 6.45) is 3.50. The smallest absolute Gasteiger partial charge is 0.338 e. The summed E-state index contributed by atoms with van der Waals surface area (Å²) >= 11 is 0. The molecule has 1 N–H and O–H groups in total. The van der Waals surface area contributed by atoms with Crippen LogP contribution in [0.25, 0.3) is 0 Å². The van der Waals surface area contributed by atoms with Crippen molar-refractivity contribution in [1.29, 1.82) is 0 Å². The molecule has 7 nitrogen and oxygen atoms in total. The number of rotatable bonds is 9. The number of ether oxygens (including phenoxy) is 1. The van der Waals surface area contributed by atoms with Crippen LogP contribution in [0.4, 0.5) is 0 Å². The lowest BCUT2D eigenvalue weighted by molar-refractivity contribution is 0.0458. The number of nitrogens with zero attached hydrogens (tertiary/aromatic N) is 2. The van der Waals surface area contributed by atoms with Crippen LogP contribution in [0.15, 0.2) is 71.9 Å². The highest BCUT2D eigenvalue weighted by Gasteiger charge is 2.16. The quantitative estimate of drug-likeness (QED) is 0.530. The van der Waals surface area contributed by atoms with E-state index < -0.39 is 16.0 Å². The maximum absolute atomic E-state index is 12.4. The minimum absolute atomic E-state index is 0.0225. The highest BCUT2D eigenvalue weighted by atomic mass is 32.2. The van der Waals surface area contributed by atoms with Gasteiger partial charge in [0.15, 0.2) is 0 Å². The van der Waals surface area contributed by atoms with Gasteiger partial charge in [-0.05, 0) is 35.7 Å². The molecular weight excluding hydrogens is 402 g/mol. The Bertz CT molecular complexity index is 1080. The number of hydrogen-bond donors (Lipinski definition) is 1. The van der Waals surface area contributed by atoms with E-state index in [1.165, 1.54) is 24.3 Å². The van der Waals surface area contributed by atoms with Gasteiger partial charge in [-0.3, -0.25) is 0 Å². The molecule has 0 aliphatic carbocycles. The average molecular weight is 428 g/mol. The minimum atomic E-state index is -3.60. The van der Waals surface area contributed by atoms with E-state index in [4.69, 9.17) is 4.74 Å². The van der Waals surface area contributed by atoms with Gasteiger partial charge in [-0.1, -0.05) is 44.2 Å². The van der Waals surface area contributed by atoms with Crippen LogP contribution < -0.4 is 4.72 Å². The lowest BCUT2D eigenvalue weighted by Gasteiger charge is -2.10. The lowest BCUT2D eigenvalue weighted by Crippen LogP contribution is -2.27. The standard InChI is InChI=1S/C22H25N3O4S/c1-17(2)14-24-30(27,28)20-10-8-19(9-11-20)22(26)29-16-21-23-12-13-25(21)15-18-6-4-3-5-7-18/h3-13,17,24H,14-16H2,1-2H3. The second kappa shape index (κ2) is 9.69. The monoisotopic (exact) mass is 427 g/mol. The number of benzene rings is 2. The van der Waals surface area contributed by atoms with E-state index in [0.29, 0.717) is 18.9 Å². The van der Waals surface area contributed by atoms with Gasteiger partial charge in [-0.2, -0.15) is 0 Å². The van der Waals surface area contributed by atoms with E-state index in [1.807, 2.05) is 54.9 Å². The molecule has 30 heavy (non-hydrogen) atoms. The highest BCUT2D eigenvalue weighted by molar-refractivity contribution is 7.89. The van der Waals surface area contributed by atoms with E-state index in [1.54, 1.807) is 6.20 Å². The van der Waals surface area contributed by atoms with Gasteiger partial charge in [0, 0.05) is 25.5 Å². The average Bonchev–Trinajstić information content (AvgIpc) is 3.18. The summed E-state index contributed by atoms with van der Waals surface area (Å²) in [5, 5.41) is 0. The van der Waals surface area contributed by atoms with Crippen molar-refractivity contribution in [2.75, 3.05) is 6.54 Å². The second-order valence-corrected chi connectivity index (χ2v) is 9.07. The molecule has 0 aliphatic rings. The number of carbonyl (C=O) groups is 1. The third kappa shape index (κ3) is 5.77. The number of aromatic nitrogens is 2. The summed E-state index contributed by atoms with van der Waals surface area (Å²) in [7, 11) is -3.60.